The van der Waals surface area contributed by atoms with Crippen LogP contribution in [0.1, 0.15) is 20.8 Å². The van der Waals surface area contributed by atoms with Gasteiger partial charge in [0.1, 0.15) is 0 Å². The Kier molecular flexibility index (Phi) is 5.47. The highest BCUT2D eigenvalue weighted by Crippen LogP contribution is 2.09. The SMILES string of the molecule is C/C=C(\C=C(/C)Cl)C(C)NC=O. The van der Waals surface area contributed by atoms with Gasteiger partial charge in [0.15, 0.2) is 0 Å². The molecule has 0 heterocycles. The minimum Gasteiger partial charge on any atom is -0.352 e. The molecule has 1 N–H and O–H groups in total. The van der Waals surface area contributed by atoms with Crippen molar-refractivity contribution >= 4 is 18.0 Å². The maximum absolute atomic E-state index is 10.1. The van der Waals surface area contributed by atoms with Crippen LogP contribution in [0.25, 0.3) is 0 Å². The zero-order valence-electron chi connectivity index (χ0n) is 7.60. The van der Waals surface area contributed by atoms with E-state index in [-0.39, 0.29) is 6.04 Å². The zero-order valence-corrected chi connectivity index (χ0v) is 8.35. The number of carbonyl (C=O) groups excluding carboxylic acids is 1. The van der Waals surface area contributed by atoms with Gasteiger partial charge < -0.3 is 5.32 Å². The fourth-order valence-corrected chi connectivity index (χ4v) is 1.01. The largest absolute Gasteiger partial charge is 0.352 e. The standard InChI is InChI=1S/C9H14ClNO/c1-4-9(5-7(2)10)8(3)11-6-12/h4-6,8H,1-3H3,(H,11,12)/b7-5+,9-4+. The van der Waals surface area contributed by atoms with Crippen LogP contribution in [0.15, 0.2) is 22.8 Å². The molecule has 0 aliphatic rings. The van der Waals surface area contributed by atoms with E-state index < -0.39 is 0 Å². The number of nitrogens with one attached hydrogen (secondary N) is 1. The lowest BCUT2D eigenvalue weighted by molar-refractivity contribution is -0.109. The predicted octanol–water partition coefficient (Wildman–Crippen LogP) is 2.21. The van der Waals surface area contributed by atoms with E-state index in [1.54, 1.807) is 6.92 Å². The van der Waals surface area contributed by atoms with Crippen LogP contribution >= 0.6 is 11.6 Å². The predicted molar refractivity (Wildman–Crippen MR) is 52.0 cm³/mol. The van der Waals surface area contributed by atoms with Crippen molar-refractivity contribution < 1.29 is 4.79 Å². The Morgan fingerprint density at radius 1 is 1.58 bits per heavy atom. The lowest BCUT2D eigenvalue weighted by Crippen LogP contribution is -2.25. The Hall–Kier alpha value is -0.760. The first-order valence-corrected chi connectivity index (χ1v) is 4.19. The summed E-state index contributed by atoms with van der Waals surface area (Å²) in [4.78, 5) is 10.1. The molecule has 0 fully saturated rings. The first-order chi connectivity index (χ1) is 5.61. The number of halogens is 1. The summed E-state index contributed by atoms with van der Waals surface area (Å²) in [7, 11) is 0. The summed E-state index contributed by atoms with van der Waals surface area (Å²) < 4.78 is 0. The molecule has 0 bridgehead atoms. The summed E-state index contributed by atoms with van der Waals surface area (Å²) in [5.74, 6) is 0. The van der Waals surface area contributed by atoms with Crippen LogP contribution in [-0.2, 0) is 4.79 Å². The monoisotopic (exact) mass is 187 g/mol. The lowest BCUT2D eigenvalue weighted by Gasteiger charge is -2.10. The second-order valence-electron chi connectivity index (χ2n) is 2.53. The quantitative estimate of drug-likeness (QED) is 0.531. The molecule has 0 aromatic rings. The van der Waals surface area contributed by atoms with Crippen LogP contribution in [0.3, 0.4) is 0 Å². The van der Waals surface area contributed by atoms with Gasteiger partial charge in [-0.1, -0.05) is 17.7 Å². The van der Waals surface area contributed by atoms with Gasteiger partial charge in [-0.25, -0.2) is 0 Å². The summed E-state index contributed by atoms with van der Waals surface area (Å²) in [6, 6.07) is 0.0150. The number of hydrogen-bond donors (Lipinski definition) is 1. The molecule has 3 heteroatoms. The Morgan fingerprint density at radius 3 is 2.50 bits per heavy atom. The van der Waals surface area contributed by atoms with Crippen molar-refractivity contribution in [1.82, 2.24) is 5.32 Å². The summed E-state index contributed by atoms with van der Waals surface area (Å²) in [5.41, 5.74) is 1.01. The maximum Gasteiger partial charge on any atom is 0.207 e. The van der Waals surface area contributed by atoms with E-state index in [1.807, 2.05) is 26.0 Å². The molecule has 0 spiro atoms. The molecule has 0 aromatic heterocycles. The van der Waals surface area contributed by atoms with E-state index >= 15 is 0 Å². The van der Waals surface area contributed by atoms with E-state index in [0.29, 0.717) is 11.4 Å². The van der Waals surface area contributed by atoms with Gasteiger partial charge >= 0.3 is 0 Å². The van der Waals surface area contributed by atoms with Crippen molar-refractivity contribution in [1.29, 1.82) is 0 Å². The average molecular weight is 188 g/mol. The molecule has 0 rings (SSSR count). The molecule has 0 saturated heterocycles. The fraction of sp³-hybridized carbons (Fsp3) is 0.444. The van der Waals surface area contributed by atoms with Gasteiger partial charge in [0, 0.05) is 5.03 Å². The molecular weight excluding hydrogens is 174 g/mol. The van der Waals surface area contributed by atoms with Gasteiger partial charge in [0.05, 0.1) is 6.04 Å². The summed E-state index contributed by atoms with van der Waals surface area (Å²) in [5, 5.41) is 3.36. The highest BCUT2D eigenvalue weighted by Gasteiger charge is 2.02. The third kappa shape index (κ3) is 4.19. The second-order valence-corrected chi connectivity index (χ2v) is 3.12. The molecule has 1 amide bonds. The third-order valence-corrected chi connectivity index (χ3v) is 1.63. The van der Waals surface area contributed by atoms with E-state index in [0.717, 1.165) is 5.57 Å². The first-order valence-electron chi connectivity index (χ1n) is 3.81. The summed E-state index contributed by atoms with van der Waals surface area (Å²) in [6.45, 7) is 5.62. The highest BCUT2D eigenvalue weighted by molar-refractivity contribution is 6.29. The van der Waals surface area contributed by atoms with Gasteiger partial charge in [0.2, 0.25) is 6.41 Å². The van der Waals surface area contributed by atoms with Crippen LogP contribution in [0.5, 0.6) is 0 Å². The number of carbonyl (C=O) groups is 1. The van der Waals surface area contributed by atoms with Crippen LogP contribution in [0.4, 0.5) is 0 Å². The van der Waals surface area contributed by atoms with E-state index in [9.17, 15) is 4.79 Å². The highest BCUT2D eigenvalue weighted by atomic mass is 35.5. The van der Waals surface area contributed by atoms with E-state index in [4.69, 9.17) is 11.6 Å². The Labute approximate surface area is 78.3 Å². The number of allylic oxidation sites excluding steroid dienone is 2. The third-order valence-electron chi connectivity index (χ3n) is 1.52. The van der Waals surface area contributed by atoms with Crippen molar-refractivity contribution in [3.63, 3.8) is 0 Å². The number of rotatable bonds is 4. The van der Waals surface area contributed by atoms with Crippen LogP contribution in [-0.4, -0.2) is 12.5 Å². The molecular formula is C9H14ClNO. The van der Waals surface area contributed by atoms with Gasteiger partial charge in [-0.3, -0.25) is 4.79 Å². The molecule has 0 aliphatic heterocycles. The van der Waals surface area contributed by atoms with Gasteiger partial charge in [-0.2, -0.15) is 0 Å². The van der Waals surface area contributed by atoms with Crippen molar-refractivity contribution in [3.8, 4) is 0 Å². The van der Waals surface area contributed by atoms with Gasteiger partial charge in [-0.05, 0) is 32.4 Å². The normalized spacial score (nSPS) is 15.7. The van der Waals surface area contributed by atoms with Crippen molar-refractivity contribution in [2.75, 3.05) is 0 Å². The van der Waals surface area contributed by atoms with Gasteiger partial charge in [0.25, 0.3) is 0 Å². The molecule has 0 saturated carbocycles. The van der Waals surface area contributed by atoms with Crippen LogP contribution in [0, 0.1) is 0 Å². The molecule has 68 valence electrons. The fourth-order valence-electron chi connectivity index (χ4n) is 0.886. The Bertz CT molecular complexity index is 205. The van der Waals surface area contributed by atoms with Crippen molar-refractivity contribution in [2.45, 2.75) is 26.8 Å². The van der Waals surface area contributed by atoms with Gasteiger partial charge in [-0.15, -0.1) is 0 Å². The lowest BCUT2D eigenvalue weighted by atomic mass is 10.1. The number of amides is 1. The smallest absolute Gasteiger partial charge is 0.207 e. The van der Waals surface area contributed by atoms with Crippen molar-refractivity contribution in [2.24, 2.45) is 0 Å². The minimum atomic E-state index is 0.0150. The molecule has 0 aromatic carbocycles. The summed E-state index contributed by atoms with van der Waals surface area (Å²) in [6.07, 6.45) is 4.45. The molecule has 12 heavy (non-hydrogen) atoms. The molecule has 1 atom stereocenters. The van der Waals surface area contributed by atoms with Crippen molar-refractivity contribution in [3.05, 3.63) is 22.8 Å². The van der Waals surface area contributed by atoms with Crippen LogP contribution < -0.4 is 5.32 Å². The van der Waals surface area contributed by atoms with Crippen LogP contribution in [0.2, 0.25) is 0 Å². The maximum atomic E-state index is 10.1. The minimum absolute atomic E-state index is 0.0150. The molecule has 0 radical (unpaired) electrons. The van der Waals surface area contributed by atoms with E-state index in [1.165, 1.54) is 0 Å². The molecule has 2 nitrogen and oxygen atoms in total. The molecule has 0 aliphatic carbocycles. The second kappa shape index (κ2) is 5.84. The zero-order chi connectivity index (χ0) is 9.56. The summed E-state index contributed by atoms with van der Waals surface area (Å²) >= 11 is 5.70. The molecule has 1 unspecified atom stereocenters. The Balaban J connectivity index is 4.36. The topological polar surface area (TPSA) is 29.1 Å². The Morgan fingerprint density at radius 2 is 2.17 bits per heavy atom. The number of hydrogen-bond acceptors (Lipinski definition) is 1. The first kappa shape index (κ1) is 11.2. The average Bonchev–Trinajstić information content (AvgIpc) is 2.00. The van der Waals surface area contributed by atoms with E-state index in [2.05, 4.69) is 5.32 Å².